The predicted molar refractivity (Wildman–Crippen MR) is 126 cm³/mol. The van der Waals surface area contributed by atoms with Crippen molar-refractivity contribution in [1.82, 2.24) is 20.0 Å². The van der Waals surface area contributed by atoms with Crippen LogP contribution in [0.1, 0.15) is 53.4 Å². The SMILES string of the molecule is C\C=C(/C=N\C(=N/C)NC1(C)CCCN(/C(=C\C)N2CCN(C)CC2)CC1)CC. The van der Waals surface area contributed by atoms with Crippen molar-refractivity contribution in [1.29, 1.82) is 0 Å². The third-order valence-electron chi connectivity index (χ3n) is 6.26. The molecule has 1 atom stereocenters. The normalized spacial score (nSPS) is 26.2. The van der Waals surface area contributed by atoms with Crippen LogP contribution in [0.25, 0.3) is 0 Å². The summed E-state index contributed by atoms with van der Waals surface area (Å²) in [5.74, 6) is 2.14. The van der Waals surface area contributed by atoms with E-state index in [4.69, 9.17) is 0 Å². The summed E-state index contributed by atoms with van der Waals surface area (Å²) in [6, 6.07) is 0. The second-order valence-electron chi connectivity index (χ2n) is 8.49. The number of allylic oxidation sites excluding steroid dienone is 3. The molecule has 2 aliphatic rings. The number of piperazine rings is 1. The average Bonchev–Trinajstić information content (AvgIpc) is 2.92. The second-order valence-corrected chi connectivity index (χ2v) is 8.49. The fraction of sp³-hybridized carbons (Fsp3) is 0.739. The quantitative estimate of drug-likeness (QED) is 0.566. The molecule has 2 aliphatic heterocycles. The highest BCUT2D eigenvalue weighted by Gasteiger charge is 2.30. The molecule has 29 heavy (non-hydrogen) atoms. The molecule has 6 heteroatoms. The Morgan fingerprint density at radius 3 is 2.28 bits per heavy atom. The van der Waals surface area contributed by atoms with E-state index >= 15 is 0 Å². The Balaban J connectivity index is 1.99. The van der Waals surface area contributed by atoms with Crippen molar-refractivity contribution in [3.05, 3.63) is 23.5 Å². The van der Waals surface area contributed by atoms with Crippen LogP contribution in [0.3, 0.4) is 0 Å². The molecule has 0 spiro atoms. The largest absolute Gasteiger partial charge is 0.358 e. The first kappa shape index (κ1) is 23.5. The number of aliphatic imine (C=N–C) groups is 2. The molecule has 0 aromatic rings. The van der Waals surface area contributed by atoms with Gasteiger partial charge in [0.05, 0.1) is 5.82 Å². The van der Waals surface area contributed by atoms with Gasteiger partial charge in [-0.2, -0.15) is 0 Å². The highest BCUT2D eigenvalue weighted by atomic mass is 15.4. The zero-order valence-corrected chi connectivity index (χ0v) is 19.5. The predicted octanol–water partition coefficient (Wildman–Crippen LogP) is 3.34. The first-order valence-corrected chi connectivity index (χ1v) is 11.2. The minimum absolute atomic E-state index is 0.0181. The van der Waals surface area contributed by atoms with Gasteiger partial charge in [0.15, 0.2) is 0 Å². The van der Waals surface area contributed by atoms with Gasteiger partial charge in [0.25, 0.3) is 0 Å². The Morgan fingerprint density at radius 2 is 1.69 bits per heavy atom. The Bertz CT molecular complexity index is 627. The van der Waals surface area contributed by atoms with Crippen LogP contribution in [0, 0.1) is 0 Å². The summed E-state index contributed by atoms with van der Waals surface area (Å²) in [4.78, 5) is 16.6. The number of guanidine groups is 1. The molecule has 164 valence electrons. The maximum Gasteiger partial charge on any atom is 0.218 e. The molecule has 0 aromatic carbocycles. The lowest BCUT2D eigenvalue weighted by Gasteiger charge is -2.40. The minimum Gasteiger partial charge on any atom is -0.358 e. The third-order valence-corrected chi connectivity index (χ3v) is 6.26. The zero-order valence-electron chi connectivity index (χ0n) is 19.5. The van der Waals surface area contributed by atoms with E-state index in [-0.39, 0.29) is 5.54 Å². The van der Waals surface area contributed by atoms with Gasteiger partial charge in [-0.25, -0.2) is 4.99 Å². The van der Waals surface area contributed by atoms with E-state index in [1.165, 1.54) is 17.8 Å². The summed E-state index contributed by atoms with van der Waals surface area (Å²) in [5.41, 5.74) is 1.25. The van der Waals surface area contributed by atoms with Gasteiger partial charge in [-0.1, -0.05) is 13.0 Å². The lowest BCUT2D eigenvalue weighted by Crippen LogP contribution is -2.48. The van der Waals surface area contributed by atoms with E-state index in [1.54, 1.807) is 0 Å². The third kappa shape index (κ3) is 6.88. The lowest BCUT2D eigenvalue weighted by molar-refractivity contribution is 0.138. The fourth-order valence-corrected chi connectivity index (χ4v) is 4.16. The maximum atomic E-state index is 4.61. The molecular weight excluding hydrogens is 360 g/mol. The summed E-state index contributed by atoms with van der Waals surface area (Å²) >= 11 is 0. The smallest absolute Gasteiger partial charge is 0.218 e. The van der Waals surface area contributed by atoms with E-state index in [1.807, 2.05) is 13.3 Å². The van der Waals surface area contributed by atoms with Gasteiger partial charge >= 0.3 is 0 Å². The van der Waals surface area contributed by atoms with Crippen LogP contribution in [0.5, 0.6) is 0 Å². The van der Waals surface area contributed by atoms with Gasteiger partial charge in [0.1, 0.15) is 0 Å². The molecule has 1 unspecified atom stereocenters. The molecule has 0 aromatic heterocycles. The minimum atomic E-state index is 0.0181. The highest BCUT2D eigenvalue weighted by Crippen LogP contribution is 2.25. The second kappa shape index (κ2) is 11.4. The molecule has 0 amide bonds. The molecule has 0 saturated carbocycles. The number of hydrogen-bond acceptors (Lipinski definition) is 4. The van der Waals surface area contributed by atoms with E-state index in [0.717, 1.165) is 64.5 Å². The topological polar surface area (TPSA) is 46.5 Å². The zero-order chi connectivity index (χ0) is 21.3. The van der Waals surface area contributed by atoms with Crippen LogP contribution in [0.4, 0.5) is 0 Å². The van der Waals surface area contributed by atoms with Gasteiger partial charge in [-0.3, -0.25) is 4.99 Å². The van der Waals surface area contributed by atoms with Crippen LogP contribution >= 0.6 is 0 Å². The molecule has 2 saturated heterocycles. The monoisotopic (exact) mass is 402 g/mol. The van der Waals surface area contributed by atoms with E-state index < -0.39 is 0 Å². The van der Waals surface area contributed by atoms with Gasteiger partial charge in [-0.15, -0.1) is 0 Å². The molecule has 0 bridgehead atoms. The van der Waals surface area contributed by atoms with Crippen LogP contribution in [-0.4, -0.2) is 85.8 Å². The fourth-order valence-electron chi connectivity index (χ4n) is 4.16. The van der Waals surface area contributed by atoms with Gasteiger partial charge in [-0.05, 0) is 65.2 Å². The lowest BCUT2D eigenvalue weighted by atomic mass is 9.93. The first-order chi connectivity index (χ1) is 13.9. The molecule has 0 aliphatic carbocycles. The molecule has 1 N–H and O–H groups in total. The van der Waals surface area contributed by atoms with E-state index in [9.17, 15) is 0 Å². The number of nitrogens with zero attached hydrogens (tertiary/aromatic N) is 5. The Morgan fingerprint density at radius 1 is 1.00 bits per heavy atom. The molecule has 2 heterocycles. The Labute approximate surface area is 178 Å². The van der Waals surface area contributed by atoms with Crippen molar-refractivity contribution < 1.29 is 0 Å². The van der Waals surface area contributed by atoms with Crippen LogP contribution in [0.15, 0.2) is 33.5 Å². The van der Waals surface area contributed by atoms with Crippen molar-refractivity contribution >= 4 is 12.2 Å². The summed E-state index contributed by atoms with van der Waals surface area (Å²) < 4.78 is 0. The number of nitrogens with one attached hydrogen (secondary N) is 1. The Hall–Kier alpha value is -1.82. The van der Waals surface area contributed by atoms with Crippen LogP contribution in [0.2, 0.25) is 0 Å². The molecule has 0 radical (unpaired) electrons. The van der Waals surface area contributed by atoms with Crippen molar-refractivity contribution in [2.45, 2.75) is 58.9 Å². The standard InChI is InChI=1S/C23H42N6/c1-7-20(8-2)19-25-22(24-5)26-23(4)11-10-13-28(14-12-23)21(9-3)29-17-15-27(6)16-18-29/h7,9,19H,8,10-18H2,1-6H3,(H,24,26)/b20-7-,21-9+,25-19-. The van der Waals surface area contributed by atoms with Crippen LogP contribution < -0.4 is 5.32 Å². The maximum absolute atomic E-state index is 4.61. The van der Waals surface area contributed by atoms with Crippen molar-refractivity contribution in [2.75, 3.05) is 53.4 Å². The summed E-state index contributed by atoms with van der Waals surface area (Å²) in [5, 5.41) is 3.65. The summed E-state index contributed by atoms with van der Waals surface area (Å²) in [6.45, 7) is 15.4. The van der Waals surface area contributed by atoms with Crippen molar-refractivity contribution in [2.24, 2.45) is 9.98 Å². The average molecular weight is 403 g/mol. The van der Waals surface area contributed by atoms with Gasteiger partial charge in [0, 0.05) is 58.1 Å². The number of rotatable bonds is 5. The van der Waals surface area contributed by atoms with E-state index in [0.29, 0.717) is 0 Å². The van der Waals surface area contributed by atoms with Crippen molar-refractivity contribution in [3.63, 3.8) is 0 Å². The molecule has 6 nitrogen and oxygen atoms in total. The van der Waals surface area contributed by atoms with Crippen LogP contribution in [-0.2, 0) is 0 Å². The van der Waals surface area contributed by atoms with E-state index in [2.05, 4.69) is 76.9 Å². The molecule has 2 rings (SSSR count). The molecular formula is C23H42N6. The first-order valence-electron chi connectivity index (χ1n) is 11.2. The van der Waals surface area contributed by atoms with Gasteiger partial charge in [0.2, 0.25) is 5.96 Å². The van der Waals surface area contributed by atoms with Gasteiger partial charge < -0.3 is 20.0 Å². The molecule has 2 fully saturated rings. The highest BCUT2D eigenvalue weighted by molar-refractivity contribution is 5.93. The summed E-state index contributed by atoms with van der Waals surface area (Å²) in [7, 11) is 4.03. The van der Waals surface area contributed by atoms with Crippen molar-refractivity contribution in [3.8, 4) is 0 Å². The number of likely N-dealkylation sites (tertiary alicyclic amines) is 1. The summed E-state index contributed by atoms with van der Waals surface area (Å²) in [6.07, 6.45) is 10.7. The Kier molecular flexibility index (Phi) is 9.21. The number of likely N-dealkylation sites (N-methyl/N-ethyl adjacent to an activating group) is 1. The number of hydrogen-bond donors (Lipinski definition) is 1.